The number of aliphatic hydroxyl groups excluding tert-OH is 1. The van der Waals surface area contributed by atoms with Gasteiger partial charge in [-0.25, -0.2) is 24.9 Å². The first-order chi connectivity index (χ1) is 19.1. The zero-order valence-corrected chi connectivity index (χ0v) is 23.1. The summed E-state index contributed by atoms with van der Waals surface area (Å²) in [4.78, 5) is 38.9. The molecule has 10 nitrogen and oxygen atoms in total. The van der Waals surface area contributed by atoms with Crippen LogP contribution < -0.4 is 10.2 Å². The molecule has 0 bridgehead atoms. The highest BCUT2D eigenvalue weighted by Crippen LogP contribution is 2.33. The molecule has 1 aliphatic rings. The van der Waals surface area contributed by atoms with Gasteiger partial charge >= 0.3 is 6.18 Å². The predicted molar refractivity (Wildman–Crippen MR) is 146 cm³/mol. The Morgan fingerprint density at radius 2 is 1.90 bits per heavy atom. The summed E-state index contributed by atoms with van der Waals surface area (Å²) < 4.78 is 38.6. The van der Waals surface area contributed by atoms with E-state index < -0.39 is 11.7 Å². The molecule has 1 unspecified atom stereocenters. The van der Waals surface area contributed by atoms with Gasteiger partial charge in [0.2, 0.25) is 5.95 Å². The zero-order valence-electron chi connectivity index (χ0n) is 21.5. The van der Waals surface area contributed by atoms with E-state index in [0.29, 0.717) is 29.5 Å². The number of hydrogen-bond acceptors (Lipinski definition) is 11. The van der Waals surface area contributed by atoms with Gasteiger partial charge in [0.25, 0.3) is 5.91 Å². The molecule has 2 N–H and O–H groups in total. The highest BCUT2D eigenvalue weighted by molar-refractivity contribution is 7.16. The van der Waals surface area contributed by atoms with Crippen molar-refractivity contribution in [3.8, 4) is 10.6 Å². The number of halogens is 3. The fourth-order valence-electron chi connectivity index (χ4n) is 4.41. The average molecular weight is 591 g/mol. The van der Waals surface area contributed by atoms with Crippen molar-refractivity contribution >= 4 is 45.5 Å². The number of piperazine rings is 1. The van der Waals surface area contributed by atoms with Crippen LogP contribution in [0.25, 0.3) is 10.6 Å². The van der Waals surface area contributed by atoms with Crippen molar-refractivity contribution in [2.45, 2.75) is 32.5 Å². The maximum atomic E-state index is 13.3. The summed E-state index contributed by atoms with van der Waals surface area (Å²) in [7, 11) is 0. The molecule has 4 aromatic heterocycles. The third kappa shape index (κ3) is 6.05. The van der Waals surface area contributed by atoms with Crippen LogP contribution in [0.5, 0.6) is 0 Å². The molecule has 15 heteroatoms. The Kier molecular flexibility index (Phi) is 7.96. The second-order valence-corrected chi connectivity index (χ2v) is 11.2. The number of pyridine rings is 1. The van der Waals surface area contributed by atoms with Crippen LogP contribution in [0.15, 0.2) is 36.1 Å². The molecule has 1 saturated heterocycles. The molecule has 40 heavy (non-hydrogen) atoms. The van der Waals surface area contributed by atoms with Crippen LogP contribution in [0.4, 0.5) is 30.1 Å². The van der Waals surface area contributed by atoms with E-state index in [1.165, 1.54) is 17.5 Å². The number of nitrogens with one attached hydrogen (secondary N) is 1. The van der Waals surface area contributed by atoms with Gasteiger partial charge in [-0.05, 0) is 32.4 Å². The fourth-order valence-corrected chi connectivity index (χ4v) is 6.07. The summed E-state index contributed by atoms with van der Waals surface area (Å²) in [6, 6.07) is 2.98. The topological polar surface area (TPSA) is 120 Å². The fraction of sp³-hybridized carbons (Fsp3) is 0.360. The second-order valence-electron chi connectivity index (χ2n) is 9.12. The van der Waals surface area contributed by atoms with E-state index in [9.17, 15) is 23.1 Å². The third-order valence-electron chi connectivity index (χ3n) is 6.34. The highest BCUT2D eigenvalue weighted by Gasteiger charge is 2.34. The maximum absolute atomic E-state index is 13.3. The van der Waals surface area contributed by atoms with Crippen molar-refractivity contribution in [2.24, 2.45) is 0 Å². The minimum Gasteiger partial charge on any atom is -0.396 e. The third-order valence-corrected chi connectivity index (χ3v) is 8.19. The minimum atomic E-state index is -4.52. The Balaban J connectivity index is 1.24. The lowest BCUT2D eigenvalue weighted by atomic mass is 10.1. The summed E-state index contributed by atoms with van der Waals surface area (Å²) in [6.07, 6.45) is -1.25. The summed E-state index contributed by atoms with van der Waals surface area (Å²) in [5.41, 5.74) is 1.23. The van der Waals surface area contributed by atoms with E-state index in [1.54, 1.807) is 33.3 Å². The molecule has 0 aromatic carbocycles. The first-order valence-electron chi connectivity index (χ1n) is 12.3. The van der Waals surface area contributed by atoms with E-state index in [1.807, 2.05) is 19.2 Å². The van der Waals surface area contributed by atoms with Gasteiger partial charge in [-0.3, -0.25) is 4.79 Å². The van der Waals surface area contributed by atoms with E-state index >= 15 is 0 Å². The van der Waals surface area contributed by atoms with Crippen molar-refractivity contribution in [2.75, 3.05) is 36.5 Å². The number of thiazole rings is 2. The number of nitrogens with zero attached hydrogens (tertiary/aromatic N) is 7. The smallest absolute Gasteiger partial charge is 0.396 e. The van der Waals surface area contributed by atoms with Crippen LogP contribution in [0.2, 0.25) is 0 Å². The average Bonchev–Trinajstić information content (AvgIpc) is 3.53. The van der Waals surface area contributed by atoms with Crippen LogP contribution >= 0.6 is 22.7 Å². The van der Waals surface area contributed by atoms with Gasteiger partial charge in [-0.15, -0.1) is 22.7 Å². The largest absolute Gasteiger partial charge is 0.419 e. The molecule has 210 valence electrons. The molecule has 0 aliphatic carbocycles. The van der Waals surface area contributed by atoms with Gasteiger partial charge in [-0.2, -0.15) is 13.2 Å². The number of aliphatic hydroxyl groups is 1. The summed E-state index contributed by atoms with van der Waals surface area (Å²) in [5, 5.41) is 16.4. The van der Waals surface area contributed by atoms with Crippen molar-refractivity contribution < 1.29 is 23.1 Å². The van der Waals surface area contributed by atoms with Crippen molar-refractivity contribution in [1.82, 2.24) is 29.8 Å². The van der Waals surface area contributed by atoms with Gasteiger partial charge in [0.15, 0.2) is 5.13 Å². The molecule has 1 atom stereocenters. The number of aromatic nitrogens is 5. The Labute approximate surface area is 235 Å². The molecule has 0 radical (unpaired) electrons. The van der Waals surface area contributed by atoms with Gasteiger partial charge in [0.05, 0.1) is 38.4 Å². The second kappa shape index (κ2) is 11.4. The monoisotopic (exact) mass is 590 g/mol. The van der Waals surface area contributed by atoms with Crippen LogP contribution in [-0.4, -0.2) is 73.1 Å². The van der Waals surface area contributed by atoms with Crippen LogP contribution in [0.3, 0.4) is 0 Å². The van der Waals surface area contributed by atoms with Crippen LogP contribution in [-0.2, 0) is 6.18 Å². The van der Waals surface area contributed by atoms with Crippen molar-refractivity contribution in [3.05, 3.63) is 57.9 Å². The molecule has 5 heterocycles. The maximum Gasteiger partial charge on any atom is 0.419 e. The molecule has 0 spiro atoms. The quantitative estimate of drug-likeness (QED) is 0.320. The Morgan fingerprint density at radius 3 is 2.52 bits per heavy atom. The van der Waals surface area contributed by atoms with Gasteiger partial charge in [0, 0.05) is 50.2 Å². The molecular formula is C25H25F3N8O2S2. The number of aryl methyl sites for hydroxylation is 2. The molecule has 1 amide bonds. The standard InChI is InChI=1S/C25H25F3N8O2S2/c1-14-21(40-15(2)32-14)19-13-39-24(33-19)34-20-4-3-16(9-29-20)22(38)36-7-6-35(12-18(36)5-8-37)23-30-10-17(11-31-23)25(26,27)28/h3-4,9-11,13,18,37H,5-8,12H2,1-2H3,(H,29,33,34). The van der Waals surface area contributed by atoms with E-state index in [-0.39, 0.29) is 37.6 Å². The van der Waals surface area contributed by atoms with E-state index in [4.69, 9.17) is 0 Å². The Hall–Kier alpha value is -3.69. The molecule has 0 saturated carbocycles. The Bertz CT molecular complexity index is 1470. The van der Waals surface area contributed by atoms with E-state index in [2.05, 4.69) is 30.2 Å². The highest BCUT2D eigenvalue weighted by atomic mass is 32.1. The zero-order chi connectivity index (χ0) is 28.4. The van der Waals surface area contributed by atoms with Crippen LogP contribution in [0.1, 0.15) is 33.0 Å². The molecule has 4 aromatic rings. The Morgan fingerprint density at radius 1 is 1.12 bits per heavy atom. The van der Waals surface area contributed by atoms with Gasteiger partial charge in [-0.1, -0.05) is 0 Å². The first-order valence-corrected chi connectivity index (χ1v) is 14.0. The normalized spacial score (nSPS) is 15.9. The number of amides is 1. The van der Waals surface area contributed by atoms with Gasteiger partial charge in [0.1, 0.15) is 5.82 Å². The van der Waals surface area contributed by atoms with Crippen molar-refractivity contribution in [1.29, 1.82) is 0 Å². The lowest BCUT2D eigenvalue weighted by Gasteiger charge is -2.41. The molecular weight excluding hydrogens is 565 g/mol. The summed E-state index contributed by atoms with van der Waals surface area (Å²) in [6.45, 7) is 4.64. The first kappa shape index (κ1) is 27.9. The molecule has 1 aliphatic heterocycles. The number of carbonyl (C=O) groups is 1. The van der Waals surface area contributed by atoms with Gasteiger partial charge < -0.3 is 20.2 Å². The number of carbonyl (C=O) groups excluding carboxylic acids is 1. The SMILES string of the molecule is Cc1nc(C)c(-c2csc(Nc3ccc(C(=O)N4CCN(c5ncc(C(F)(F)F)cn5)CC4CCO)cn3)n2)s1. The minimum absolute atomic E-state index is 0.145. The van der Waals surface area contributed by atoms with Crippen LogP contribution in [0, 0.1) is 13.8 Å². The van der Waals surface area contributed by atoms with E-state index in [0.717, 1.165) is 33.7 Å². The predicted octanol–water partition coefficient (Wildman–Crippen LogP) is 4.54. The lowest BCUT2D eigenvalue weighted by molar-refractivity contribution is -0.138. The number of anilines is 3. The number of hydrogen-bond donors (Lipinski definition) is 2. The molecule has 1 fully saturated rings. The summed E-state index contributed by atoms with van der Waals surface area (Å²) in [5.74, 6) is 0.426. The number of rotatable bonds is 7. The van der Waals surface area contributed by atoms with Crippen molar-refractivity contribution in [3.63, 3.8) is 0 Å². The number of alkyl halides is 3. The summed E-state index contributed by atoms with van der Waals surface area (Å²) >= 11 is 3.03. The lowest BCUT2D eigenvalue weighted by Crippen LogP contribution is -2.56. The molecule has 5 rings (SSSR count).